The van der Waals surface area contributed by atoms with Crippen molar-refractivity contribution in [2.75, 3.05) is 23.7 Å². The van der Waals surface area contributed by atoms with Crippen molar-refractivity contribution in [3.8, 4) is 0 Å². The average molecular weight is 375 g/mol. The van der Waals surface area contributed by atoms with E-state index in [1.807, 2.05) is 14.1 Å². The Morgan fingerprint density at radius 3 is 2.17 bits per heavy atom. The lowest BCUT2D eigenvalue weighted by Gasteiger charge is -2.16. The number of anilines is 2. The fourth-order valence-electron chi connectivity index (χ4n) is 1.92. The molecule has 23 heavy (non-hydrogen) atoms. The van der Waals surface area contributed by atoms with Crippen molar-refractivity contribution in [3.05, 3.63) is 39.6 Å². The highest BCUT2D eigenvalue weighted by atomic mass is 35.5. The monoisotopic (exact) mass is 374 g/mol. The third-order valence-electron chi connectivity index (χ3n) is 3.08. The van der Waals surface area contributed by atoms with Gasteiger partial charge >= 0.3 is 0 Å². The summed E-state index contributed by atoms with van der Waals surface area (Å²) in [6.45, 7) is 3.41. The first kappa shape index (κ1) is 17.8. The largest absolute Gasteiger partial charge is 0.347 e. The van der Waals surface area contributed by atoms with Crippen molar-refractivity contribution >= 4 is 44.9 Å². The number of hydrogen-bond donors (Lipinski definition) is 1. The highest BCUT2D eigenvalue weighted by Gasteiger charge is 2.21. The molecule has 0 spiro atoms. The van der Waals surface area contributed by atoms with Gasteiger partial charge in [0, 0.05) is 19.1 Å². The van der Waals surface area contributed by atoms with Crippen LogP contribution in [0.25, 0.3) is 0 Å². The van der Waals surface area contributed by atoms with E-state index >= 15 is 0 Å². The number of sulfonamides is 1. The molecule has 0 aliphatic heterocycles. The summed E-state index contributed by atoms with van der Waals surface area (Å²) in [5.74, 6) is 0.503. The first-order valence-corrected chi connectivity index (χ1v) is 8.86. The summed E-state index contributed by atoms with van der Waals surface area (Å²) in [5, 5.41) is 0.366. The zero-order chi connectivity index (χ0) is 17.4. The number of rotatable bonds is 4. The van der Waals surface area contributed by atoms with Crippen LogP contribution in [0.2, 0.25) is 10.0 Å². The standard InChI is InChI=1S/C14H16Cl2N4O2S/c1-8-13(9(2)18-14(17-8)20(3)4)19-23(21,22)12-7-10(15)5-6-11(12)16/h5-7,19H,1-4H3. The van der Waals surface area contributed by atoms with Crippen LogP contribution in [0.5, 0.6) is 0 Å². The lowest BCUT2D eigenvalue weighted by molar-refractivity contribution is 0.601. The normalized spacial score (nSPS) is 11.4. The summed E-state index contributed by atoms with van der Waals surface area (Å²) in [6, 6.07) is 4.25. The molecule has 124 valence electrons. The minimum absolute atomic E-state index is 0.0861. The third kappa shape index (κ3) is 3.85. The predicted molar refractivity (Wildman–Crippen MR) is 93.1 cm³/mol. The van der Waals surface area contributed by atoms with E-state index in [2.05, 4.69) is 14.7 Å². The molecule has 2 aromatic rings. The maximum atomic E-state index is 12.6. The smallest absolute Gasteiger partial charge is 0.263 e. The summed E-state index contributed by atoms with van der Waals surface area (Å²) >= 11 is 11.8. The van der Waals surface area contributed by atoms with E-state index < -0.39 is 10.0 Å². The van der Waals surface area contributed by atoms with Gasteiger partial charge in [0.25, 0.3) is 10.0 Å². The number of aryl methyl sites for hydroxylation is 2. The molecular formula is C14H16Cl2N4O2S. The van der Waals surface area contributed by atoms with Gasteiger partial charge in [-0.15, -0.1) is 0 Å². The quantitative estimate of drug-likeness (QED) is 0.888. The maximum absolute atomic E-state index is 12.6. The number of benzene rings is 1. The Balaban J connectivity index is 2.48. The molecule has 1 aromatic carbocycles. The van der Waals surface area contributed by atoms with Crippen molar-refractivity contribution in [3.63, 3.8) is 0 Å². The number of nitrogens with one attached hydrogen (secondary N) is 1. The highest BCUT2D eigenvalue weighted by molar-refractivity contribution is 7.92. The van der Waals surface area contributed by atoms with Gasteiger partial charge in [0.1, 0.15) is 4.90 Å². The van der Waals surface area contributed by atoms with Gasteiger partial charge in [0.05, 0.1) is 22.1 Å². The molecule has 0 amide bonds. The van der Waals surface area contributed by atoms with Crippen molar-refractivity contribution in [2.24, 2.45) is 0 Å². The van der Waals surface area contributed by atoms with Gasteiger partial charge in [0.15, 0.2) is 0 Å². The topological polar surface area (TPSA) is 75.2 Å². The first-order chi connectivity index (χ1) is 10.6. The Hall–Kier alpha value is -1.57. The van der Waals surface area contributed by atoms with E-state index in [4.69, 9.17) is 23.2 Å². The number of aromatic nitrogens is 2. The molecule has 9 heteroatoms. The molecule has 0 radical (unpaired) electrons. The molecular weight excluding hydrogens is 359 g/mol. The molecule has 0 saturated heterocycles. The van der Waals surface area contributed by atoms with Gasteiger partial charge in [-0.3, -0.25) is 4.72 Å². The van der Waals surface area contributed by atoms with Gasteiger partial charge in [-0.2, -0.15) is 0 Å². The van der Waals surface area contributed by atoms with Crippen molar-refractivity contribution in [2.45, 2.75) is 18.7 Å². The minimum Gasteiger partial charge on any atom is -0.347 e. The van der Waals surface area contributed by atoms with Gasteiger partial charge in [0.2, 0.25) is 5.95 Å². The van der Waals surface area contributed by atoms with Crippen molar-refractivity contribution in [1.82, 2.24) is 9.97 Å². The molecule has 1 N–H and O–H groups in total. The van der Waals surface area contributed by atoms with Gasteiger partial charge in [-0.1, -0.05) is 23.2 Å². The second-order valence-corrected chi connectivity index (χ2v) is 7.64. The van der Waals surface area contributed by atoms with Gasteiger partial charge in [-0.05, 0) is 32.0 Å². The van der Waals surface area contributed by atoms with E-state index in [0.717, 1.165) is 0 Å². The maximum Gasteiger partial charge on any atom is 0.263 e. The zero-order valence-electron chi connectivity index (χ0n) is 13.1. The molecule has 0 atom stereocenters. The molecule has 2 rings (SSSR count). The van der Waals surface area contributed by atoms with Crippen LogP contribution in [0.15, 0.2) is 23.1 Å². The van der Waals surface area contributed by atoms with Crippen LogP contribution in [-0.4, -0.2) is 32.5 Å². The zero-order valence-corrected chi connectivity index (χ0v) is 15.4. The fourth-order valence-corrected chi connectivity index (χ4v) is 3.86. The van der Waals surface area contributed by atoms with Gasteiger partial charge < -0.3 is 4.90 Å². The number of halogens is 2. The fraction of sp³-hybridized carbons (Fsp3) is 0.286. The SMILES string of the molecule is Cc1nc(N(C)C)nc(C)c1NS(=O)(=O)c1cc(Cl)ccc1Cl. The summed E-state index contributed by atoms with van der Waals surface area (Å²) in [4.78, 5) is 10.2. The number of nitrogens with zero attached hydrogens (tertiary/aromatic N) is 3. The van der Waals surface area contributed by atoms with Crippen LogP contribution in [0, 0.1) is 13.8 Å². The molecule has 0 bridgehead atoms. The predicted octanol–water partition coefficient (Wildman–Crippen LogP) is 3.27. The second-order valence-electron chi connectivity index (χ2n) is 5.14. The molecule has 0 unspecified atom stereocenters. The van der Waals surface area contributed by atoms with E-state index in [9.17, 15) is 8.42 Å². The molecule has 1 heterocycles. The van der Waals surface area contributed by atoms with E-state index in [1.165, 1.54) is 18.2 Å². The van der Waals surface area contributed by atoms with Gasteiger partial charge in [-0.25, -0.2) is 18.4 Å². The summed E-state index contributed by atoms with van der Waals surface area (Å²) in [7, 11) is -0.286. The number of hydrogen-bond acceptors (Lipinski definition) is 5. The molecule has 0 aliphatic rings. The van der Waals surface area contributed by atoms with Crippen LogP contribution in [0.4, 0.5) is 11.6 Å². The lowest BCUT2D eigenvalue weighted by atomic mass is 10.3. The highest BCUT2D eigenvalue weighted by Crippen LogP contribution is 2.28. The van der Waals surface area contributed by atoms with Crippen molar-refractivity contribution < 1.29 is 8.42 Å². The Kier molecular flexibility index (Phi) is 5.03. The summed E-state index contributed by atoms with van der Waals surface area (Å²) in [5.41, 5.74) is 1.36. The molecule has 1 aromatic heterocycles. The lowest BCUT2D eigenvalue weighted by Crippen LogP contribution is -2.19. The molecule has 0 aliphatic carbocycles. The minimum atomic E-state index is -3.90. The van der Waals surface area contributed by atoms with E-state index in [-0.39, 0.29) is 14.9 Å². The second kappa shape index (κ2) is 6.51. The Morgan fingerprint density at radius 2 is 1.65 bits per heavy atom. The van der Waals surface area contributed by atoms with Crippen LogP contribution in [-0.2, 0) is 10.0 Å². The Morgan fingerprint density at radius 1 is 1.09 bits per heavy atom. The Bertz CT molecular complexity index is 831. The Labute approximate surface area is 145 Å². The molecule has 0 saturated carbocycles. The van der Waals surface area contributed by atoms with Crippen LogP contribution < -0.4 is 9.62 Å². The average Bonchev–Trinajstić information content (AvgIpc) is 2.45. The molecule has 6 nitrogen and oxygen atoms in total. The van der Waals surface area contributed by atoms with Crippen LogP contribution in [0.3, 0.4) is 0 Å². The first-order valence-electron chi connectivity index (χ1n) is 6.62. The molecule has 0 fully saturated rings. The van der Waals surface area contributed by atoms with E-state index in [1.54, 1.807) is 18.7 Å². The summed E-state index contributed by atoms with van der Waals surface area (Å²) < 4.78 is 27.6. The third-order valence-corrected chi connectivity index (χ3v) is 5.14. The van der Waals surface area contributed by atoms with Crippen LogP contribution in [0.1, 0.15) is 11.4 Å². The van der Waals surface area contributed by atoms with E-state index in [0.29, 0.717) is 23.0 Å². The summed E-state index contributed by atoms with van der Waals surface area (Å²) in [6.07, 6.45) is 0. The van der Waals surface area contributed by atoms with Crippen molar-refractivity contribution in [1.29, 1.82) is 0 Å². The van der Waals surface area contributed by atoms with Crippen LogP contribution >= 0.6 is 23.2 Å².